The molecule has 0 aliphatic carbocycles. The Balaban J connectivity index is 2.08. The third-order valence-corrected chi connectivity index (χ3v) is 7.77. The van der Waals surface area contributed by atoms with E-state index in [0.29, 0.717) is 24.8 Å². The zero-order valence-electron chi connectivity index (χ0n) is 22.8. The second kappa shape index (κ2) is 12.9. The van der Waals surface area contributed by atoms with Crippen LogP contribution in [0.5, 0.6) is 11.5 Å². The Kier molecular flexibility index (Phi) is 10.7. The van der Waals surface area contributed by atoms with Crippen LogP contribution >= 0.6 is 0 Å². The summed E-state index contributed by atoms with van der Waals surface area (Å²) in [6.07, 6.45) is 3.61. The number of ether oxygens (including phenoxy) is 2. The minimum absolute atomic E-state index is 0.232. The molecular weight excluding hydrogens is 521 g/mol. The van der Waals surface area contributed by atoms with Crippen molar-refractivity contribution in [3.05, 3.63) is 58.7 Å². The van der Waals surface area contributed by atoms with Crippen LogP contribution in [0.4, 0.5) is 13.2 Å². The van der Waals surface area contributed by atoms with Crippen LogP contribution in [0.15, 0.2) is 36.4 Å². The van der Waals surface area contributed by atoms with Crippen LogP contribution in [0.25, 0.3) is 0 Å². The highest BCUT2D eigenvalue weighted by molar-refractivity contribution is 7.88. The van der Waals surface area contributed by atoms with Gasteiger partial charge in [0.25, 0.3) is 0 Å². The van der Waals surface area contributed by atoms with Crippen molar-refractivity contribution in [3.8, 4) is 11.5 Å². The van der Waals surface area contributed by atoms with Crippen LogP contribution in [0.2, 0.25) is 0 Å². The number of hydrogen-bond acceptors (Lipinski definition) is 6. The van der Waals surface area contributed by atoms with Crippen molar-refractivity contribution in [2.75, 3.05) is 6.61 Å². The van der Waals surface area contributed by atoms with Crippen LogP contribution < -0.4 is 8.92 Å². The number of halogens is 3. The highest BCUT2D eigenvalue weighted by atomic mass is 32.2. The van der Waals surface area contributed by atoms with Crippen molar-refractivity contribution in [1.29, 1.82) is 0 Å². The van der Waals surface area contributed by atoms with Gasteiger partial charge in [0.2, 0.25) is 0 Å². The Morgan fingerprint density at radius 3 is 2.05 bits per heavy atom. The van der Waals surface area contributed by atoms with Crippen LogP contribution in [0.3, 0.4) is 0 Å². The van der Waals surface area contributed by atoms with Gasteiger partial charge in [-0.05, 0) is 86.3 Å². The molecule has 0 aliphatic heterocycles. The van der Waals surface area contributed by atoms with Gasteiger partial charge in [-0.25, -0.2) is 0 Å². The molecule has 0 radical (unpaired) electrons. The highest BCUT2D eigenvalue weighted by Crippen LogP contribution is 2.32. The van der Waals surface area contributed by atoms with E-state index >= 15 is 0 Å². The molecule has 0 spiro atoms. The van der Waals surface area contributed by atoms with Crippen molar-refractivity contribution in [1.82, 2.24) is 0 Å². The van der Waals surface area contributed by atoms with Gasteiger partial charge >= 0.3 is 21.6 Å². The Morgan fingerprint density at radius 1 is 0.947 bits per heavy atom. The number of alkyl halides is 3. The molecule has 0 N–H and O–H groups in total. The molecule has 38 heavy (non-hydrogen) atoms. The molecule has 0 saturated carbocycles. The van der Waals surface area contributed by atoms with Crippen molar-refractivity contribution in [2.24, 2.45) is 0 Å². The molecule has 0 aromatic heterocycles. The molecule has 1 unspecified atom stereocenters. The van der Waals surface area contributed by atoms with E-state index in [4.69, 9.17) is 9.47 Å². The van der Waals surface area contributed by atoms with Crippen LogP contribution in [0, 0.1) is 13.8 Å². The summed E-state index contributed by atoms with van der Waals surface area (Å²) >= 11 is 0. The number of aryl methyl sites for hydroxylation is 3. The fraction of sp³-hybridized carbons (Fsp3) is 0.536. The van der Waals surface area contributed by atoms with Crippen molar-refractivity contribution in [3.63, 3.8) is 0 Å². The molecular formula is C28H37F3O6S. The highest BCUT2D eigenvalue weighted by Gasteiger charge is 2.48. The number of carbonyl (C=O) groups is 1. The molecule has 2 aromatic carbocycles. The number of carbonyl (C=O) groups excluding carboxylic acids is 1. The first-order valence-corrected chi connectivity index (χ1v) is 14.1. The van der Waals surface area contributed by atoms with Gasteiger partial charge in [0.05, 0.1) is 0 Å². The van der Waals surface area contributed by atoms with Gasteiger partial charge in [-0.2, -0.15) is 21.6 Å². The first kappa shape index (κ1) is 31.5. The lowest BCUT2D eigenvalue weighted by atomic mass is 9.89. The third kappa shape index (κ3) is 8.12. The lowest BCUT2D eigenvalue weighted by Gasteiger charge is -2.31. The average Bonchev–Trinajstić information content (AvgIpc) is 2.83. The monoisotopic (exact) mass is 558 g/mol. The smallest absolute Gasteiger partial charge is 0.489 e. The quantitative estimate of drug-likeness (QED) is 0.147. The summed E-state index contributed by atoms with van der Waals surface area (Å²) in [6.45, 7) is 11.2. The molecule has 0 saturated heterocycles. The summed E-state index contributed by atoms with van der Waals surface area (Å²) < 4.78 is 76.4. The molecule has 6 nitrogen and oxygen atoms in total. The lowest BCUT2D eigenvalue weighted by molar-refractivity contribution is -0.161. The predicted octanol–water partition coefficient (Wildman–Crippen LogP) is 7.16. The normalized spacial score (nSPS) is 13.2. The van der Waals surface area contributed by atoms with Crippen LogP contribution in [-0.2, 0) is 26.1 Å². The molecule has 2 rings (SSSR count). The van der Waals surface area contributed by atoms with Crippen LogP contribution in [0.1, 0.15) is 81.5 Å². The molecule has 0 heterocycles. The van der Waals surface area contributed by atoms with Gasteiger partial charge in [-0.15, -0.1) is 0 Å². The Bertz CT molecular complexity index is 1200. The molecule has 212 valence electrons. The largest absolute Gasteiger partial charge is 0.534 e. The molecule has 0 aliphatic rings. The molecule has 0 bridgehead atoms. The van der Waals surface area contributed by atoms with Gasteiger partial charge in [0.1, 0.15) is 23.7 Å². The van der Waals surface area contributed by atoms with E-state index in [1.807, 2.05) is 32.9 Å². The van der Waals surface area contributed by atoms with Gasteiger partial charge in [0, 0.05) is 6.92 Å². The van der Waals surface area contributed by atoms with Gasteiger partial charge < -0.3 is 13.7 Å². The average molecular weight is 559 g/mol. The zero-order chi connectivity index (χ0) is 28.7. The fourth-order valence-electron chi connectivity index (χ4n) is 4.30. The second-order valence-electron chi connectivity index (χ2n) is 9.52. The Hall–Kier alpha value is -2.75. The maximum Gasteiger partial charge on any atom is 0.534 e. The van der Waals surface area contributed by atoms with Gasteiger partial charge in [-0.3, -0.25) is 4.79 Å². The summed E-state index contributed by atoms with van der Waals surface area (Å²) in [6, 6.07) is 10.5. The second-order valence-corrected chi connectivity index (χ2v) is 11.1. The van der Waals surface area contributed by atoms with Crippen molar-refractivity contribution >= 4 is 16.1 Å². The maximum absolute atomic E-state index is 12.6. The minimum atomic E-state index is -5.71. The number of esters is 1. The van der Waals surface area contributed by atoms with E-state index in [9.17, 15) is 26.4 Å². The first-order valence-electron chi connectivity index (χ1n) is 12.7. The lowest BCUT2D eigenvalue weighted by Crippen LogP contribution is -2.39. The number of rotatable bonds is 13. The predicted molar refractivity (Wildman–Crippen MR) is 140 cm³/mol. The first-order chi connectivity index (χ1) is 17.7. The standard InChI is InChI=1S/C28H37F3O6S/c1-7-23(12-10-22-11-14-26(19(4)16-22)37-38(33,34)28(29,30)31)24-13-15-25(20(5)17-24)35-18-27(8-2,9-3)36-21(6)32/h11,13-17,23H,7-10,12,18H2,1-6H3. The van der Waals surface area contributed by atoms with E-state index in [-0.39, 0.29) is 24.2 Å². The van der Waals surface area contributed by atoms with Gasteiger partial charge in [-0.1, -0.05) is 45.0 Å². The van der Waals surface area contributed by atoms with E-state index in [0.717, 1.165) is 35.3 Å². The Labute approximate surface area is 223 Å². The molecule has 0 amide bonds. The fourth-order valence-corrected chi connectivity index (χ4v) is 4.82. The van der Waals surface area contributed by atoms with Crippen LogP contribution in [-0.4, -0.2) is 32.1 Å². The number of hydrogen-bond donors (Lipinski definition) is 0. The summed E-state index contributed by atoms with van der Waals surface area (Å²) in [5, 5.41) is 0. The van der Waals surface area contributed by atoms with E-state index in [2.05, 4.69) is 17.2 Å². The SMILES string of the molecule is CCC(CCc1ccc(OS(=O)(=O)C(F)(F)F)c(C)c1)c1ccc(OCC(CC)(CC)OC(C)=O)c(C)c1. The summed E-state index contributed by atoms with van der Waals surface area (Å²) in [4.78, 5) is 11.5. The molecule has 0 fully saturated rings. The maximum atomic E-state index is 12.6. The third-order valence-electron chi connectivity index (χ3n) is 6.81. The van der Waals surface area contributed by atoms with E-state index in [1.165, 1.54) is 19.9 Å². The van der Waals surface area contributed by atoms with E-state index < -0.39 is 21.2 Å². The van der Waals surface area contributed by atoms with Crippen molar-refractivity contribution in [2.45, 2.75) is 90.7 Å². The summed E-state index contributed by atoms with van der Waals surface area (Å²) in [5.74, 6) is 0.283. The van der Waals surface area contributed by atoms with Crippen molar-refractivity contribution < 1.29 is 40.0 Å². The minimum Gasteiger partial charge on any atom is -0.489 e. The zero-order valence-corrected chi connectivity index (χ0v) is 23.6. The molecule has 10 heteroatoms. The van der Waals surface area contributed by atoms with Gasteiger partial charge in [0.15, 0.2) is 0 Å². The van der Waals surface area contributed by atoms with E-state index in [1.54, 1.807) is 12.1 Å². The molecule has 2 aromatic rings. The summed E-state index contributed by atoms with van der Waals surface area (Å²) in [7, 11) is -5.71. The topological polar surface area (TPSA) is 78.9 Å². The number of benzene rings is 2. The molecule has 1 atom stereocenters. The summed E-state index contributed by atoms with van der Waals surface area (Å²) in [5.41, 5.74) is -2.86. The Morgan fingerprint density at radius 2 is 1.55 bits per heavy atom.